The molecule has 3 heterocycles. The summed E-state index contributed by atoms with van der Waals surface area (Å²) in [4.78, 5) is 21.5. The van der Waals surface area contributed by atoms with Crippen LogP contribution in [0.1, 0.15) is 39.2 Å². The first-order valence-corrected chi connectivity index (χ1v) is 13.3. The zero-order valence-corrected chi connectivity index (χ0v) is 21.5. The number of sulfonamides is 1. The lowest BCUT2D eigenvalue weighted by atomic mass is 10.1. The van der Waals surface area contributed by atoms with Crippen LogP contribution < -0.4 is 14.2 Å². The van der Waals surface area contributed by atoms with Crippen molar-refractivity contribution < 1.29 is 34.7 Å². The number of benzene rings is 1. The number of carbonyl (C=O) groups is 1. The second kappa shape index (κ2) is 11.2. The average Bonchev–Trinajstić information content (AvgIpc) is 3.35. The Bertz CT molecular complexity index is 1400. The molecule has 3 aromatic rings. The third kappa shape index (κ3) is 6.80. The Morgan fingerprint density at radius 3 is 2.73 bits per heavy atom. The average molecular weight is 534 g/mol. The highest BCUT2D eigenvalue weighted by atomic mass is 32.2. The van der Waals surface area contributed by atoms with Gasteiger partial charge in [0, 0.05) is 26.6 Å². The highest BCUT2D eigenvalue weighted by Gasteiger charge is 2.26. The molecule has 1 saturated heterocycles. The van der Waals surface area contributed by atoms with E-state index in [9.17, 15) is 17.6 Å². The quantitative estimate of drug-likeness (QED) is 0.430. The lowest BCUT2D eigenvalue weighted by Gasteiger charge is -2.16. The fourth-order valence-corrected chi connectivity index (χ4v) is 4.56. The molecular formula is C26H32FN3O6S. The first-order valence-electron chi connectivity index (χ1n) is 11.8. The van der Waals surface area contributed by atoms with Crippen LogP contribution in [-0.4, -0.2) is 50.2 Å². The van der Waals surface area contributed by atoms with E-state index in [-0.39, 0.29) is 31.3 Å². The van der Waals surface area contributed by atoms with Crippen LogP contribution in [0.25, 0.3) is 11.3 Å². The van der Waals surface area contributed by atoms with Crippen LogP contribution in [0.5, 0.6) is 11.6 Å². The van der Waals surface area contributed by atoms with Crippen molar-refractivity contribution in [1.29, 1.82) is 0 Å². The van der Waals surface area contributed by atoms with Crippen LogP contribution in [0.3, 0.4) is 0 Å². The standard InChI is InChI=1S/C26H28FN3O6S.2H2/c1-16(2)14-35-21-12-18(11-19(27)13-21)23-8-7-22(26(29-23)36-20-9-10-34-15-20)25(31)30-37(32,33)24-6-4-5-17(3)28-24;;/h4-8,11-13,16,20H,9-10,14-15H2,1-3H3,(H,30,31);2*1H. The largest absolute Gasteiger partial charge is 0.493 e. The van der Waals surface area contributed by atoms with Crippen molar-refractivity contribution in [3.63, 3.8) is 0 Å². The van der Waals surface area contributed by atoms with Crippen LogP contribution in [0.15, 0.2) is 53.6 Å². The molecule has 9 nitrogen and oxygen atoms in total. The van der Waals surface area contributed by atoms with Gasteiger partial charge >= 0.3 is 0 Å². The predicted molar refractivity (Wildman–Crippen MR) is 138 cm³/mol. The van der Waals surface area contributed by atoms with Gasteiger partial charge in [0.25, 0.3) is 15.9 Å². The number of rotatable bonds is 9. The highest BCUT2D eigenvalue weighted by molar-refractivity contribution is 7.90. The number of pyridine rings is 2. The summed E-state index contributed by atoms with van der Waals surface area (Å²) in [5, 5.41) is -0.286. The number of amides is 1. The topological polar surface area (TPSA) is 117 Å². The first-order chi connectivity index (χ1) is 17.6. The molecule has 0 spiro atoms. The van der Waals surface area contributed by atoms with Gasteiger partial charge in [-0.2, -0.15) is 8.42 Å². The van der Waals surface area contributed by atoms with Crippen molar-refractivity contribution in [2.24, 2.45) is 5.92 Å². The minimum Gasteiger partial charge on any atom is -0.493 e. The second-order valence-corrected chi connectivity index (χ2v) is 10.7. The van der Waals surface area contributed by atoms with Crippen LogP contribution >= 0.6 is 0 Å². The number of nitrogens with one attached hydrogen (secondary N) is 1. The molecule has 1 aromatic carbocycles. The van der Waals surface area contributed by atoms with Crippen molar-refractivity contribution in [3.8, 4) is 22.9 Å². The van der Waals surface area contributed by atoms with Crippen LogP contribution in [0.4, 0.5) is 4.39 Å². The molecule has 0 bridgehead atoms. The Morgan fingerprint density at radius 2 is 2.03 bits per heavy atom. The molecule has 11 heteroatoms. The summed E-state index contributed by atoms with van der Waals surface area (Å²) in [6.07, 6.45) is 0.202. The lowest BCUT2D eigenvalue weighted by molar-refractivity contribution is 0.0968. The summed E-state index contributed by atoms with van der Waals surface area (Å²) in [5.41, 5.74) is 1.12. The van der Waals surface area contributed by atoms with Gasteiger partial charge in [-0.15, -0.1) is 0 Å². The number of aryl methyl sites for hydroxylation is 1. The molecule has 1 aliphatic rings. The molecule has 0 radical (unpaired) electrons. The number of ether oxygens (including phenoxy) is 3. The van der Waals surface area contributed by atoms with Gasteiger partial charge in [0.05, 0.1) is 25.5 Å². The number of carbonyl (C=O) groups excluding carboxylic acids is 1. The summed E-state index contributed by atoms with van der Waals surface area (Å²) in [6, 6.07) is 11.6. The summed E-state index contributed by atoms with van der Waals surface area (Å²) >= 11 is 0. The Morgan fingerprint density at radius 1 is 1.22 bits per heavy atom. The number of aromatic nitrogens is 2. The monoisotopic (exact) mass is 533 g/mol. The fourth-order valence-electron chi connectivity index (χ4n) is 3.58. The van der Waals surface area contributed by atoms with Gasteiger partial charge in [-0.3, -0.25) is 4.79 Å². The van der Waals surface area contributed by atoms with E-state index in [0.717, 1.165) is 0 Å². The van der Waals surface area contributed by atoms with Gasteiger partial charge in [-0.05, 0) is 49.2 Å². The molecule has 2 aromatic heterocycles. The maximum atomic E-state index is 14.4. The molecule has 4 rings (SSSR count). The van der Waals surface area contributed by atoms with Crippen LogP contribution in [0, 0.1) is 18.7 Å². The van der Waals surface area contributed by atoms with Gasteiger partial charge in [-0.25, -0.2) is 19.1 Å². The van der Waals surface area contributed by atoms with Crippen LogP contribution in [-0.2, 0) is 14.8 Å². The van der Waals surface area contributed by atoms with E-state index in [1.807, 2.05) is 18.6 Å². The molecule has 200 valence electrons. The van der Waals surface area contributed by atoms with Gasteiger partial charge in [0.2, 0.25) is 5.88 Å². The summed E-state index contributed by atoms with van der Waals surface area (Å²) in [7, 11) is -4.25. The number of hydrogen-bond donors (Lipinski definition) is 1. The van der Waals surface area contributed by atoms with Gasteiger partial charge in [0.1, 0.15) is 23.2 Å². The van der Waals surface area contributed by atoms with Crippen molar-refractivity contribution in [2.75, 3.05) is 19.8 Å². The molecule has 1 amide bonds. The van der Waals surface area contributed by atoms with Crippen molar-refractivity contribution >= 4 is 15.9 Å². The molecule has 0 saturated carbocycles. The van der Waals surface area contributed by atoms with Crippen LogP contribution in [0.2, 0.25) is 0 Å². The van der Waals surface area contributed by atoms with E-state index < -0.39 is 21.7 Å². The Labute approximate surface area is 218 Å². The van der Waals surface area contributed by atoms with Gasteiger partial charge in [0.15, 0.2) is 5.03 Å². The van der Waals surface area contributed by atoms with E-state index in [1.54, 1.807) is 19.1 Å². The third-order valence-corrected chi connectivity index (χ3v) is 6.62. The maximum absolute atomic E-state index is 14.4. The van der Waals surface area contributed by atoms with E-state index in [2.05, 4.69) is 9.97 Å². The summed E-state index contributed by atoms with van der Waals surface area (Å²) in [5.74, 6) is -0.940. The molecule has 1 unspecified atom stereocenters. The Kier molecular flexibility index (Phi) is 8.03. The highest BCUT2D eigenvalue weighted by Crippen LogP contribution is 2.29. The molecular weight excluding hydrogens is 501 g/mol. The third-order valence-electron chi connectivity index (χ3n) is 5.39. The molecule has 37 heavy (non-hydrogen) atoms. The number of hydrogen-bond acceptors (Lipinski definition) is 8. The minimum absolute atomic E-state index is 0. The Balaban J connectivity index is 0.00000267. The minimum atomic E-state index is -4.25. The van der Waals surface area contributed by atoms with E-state index in [0.29, 0.717) is 48.9 Å². The molecule has 1 aliphatic heterocycles. The normalized spacial score (nSPS) is 15.5. The molecule has 1 fully saturated rings. The first kappa shape index (κ1) is 26.5. The second-order valence-electron chi connectivity index (χ2n) is 9.08. The molecule has 0 aliphatic carbocycles. The lowest BCUT2D eigenvalue weighted by Crippen LogP contribution is -2.32. The van der Waals surface area contributed by atoms with E-state index in [4.69, 9.17) is 14.2 Å². The van der Waals surface area contributed by atoms with Gasteiger partial charge in [-0.1, -0.05) is 19.9 Å². The zero-order valence-electron chi connectivity index (χ0n) is 20.7. The molecule has 1 N–H and O–H groups in total. The number of nitrogens with zero attached hydrogens (tertiary/aromatic N) is 2. The summed E-state index contributed by atoms with van der Waals surface area (Å²) in [6.45, 7) is 6.81. The maximum Gasteiger partial charge on any atom is 0.281 e. The number of halogens is 1. The SMILES string of the molecule is Cc1cccc(S(=O)(=O)NC(=O)c2ccc(-c3cc(F)cc(OCC(C)C)c3)nc2OC2CCOC2)n1.[HH].[HH]. The van der Waals surface area contributed by atoms with Crippen molar-refractivity contribution in [3.05, 3.63) is 65.6 Å². The predicted octanol–water partition coefficient (Wildman–Crippen LogP) is 4.40. The van der Waals surface area contributed by atoms with Crippen molar-refractivity contribution in [1.82, 2.24) is 14.7 Å². The van der Waals surface area contributed by atoms with E-state index >= 15 is 0 Å². The Hall–Kier alpha value is -3.57. The zero-order chi connectivity index (χ0) is 26.6. The van der Waals surface area contributed by atoms with Gasteiger partial charge < -0.3 is 14.2 Å². The molecule has 1 atom stereocenters. The smallest absolute Gasteiger partial charge is 0.281 e. The van der Waals surface area contributed by atoms with E-state index in [1.165, 1.54) is 36.4 Å². The fraction of sp³-hybridized carbons (Fsp3) is 0.346. The summed E-state index contributed by atoms with van der Waals surface area (Å²) < 4.78 is 58.9. The van der Waals surface area contributed by atoms with Crippen molar-refractivity contribution in [2.45, 2.75) is 38.3 Å².